The molecule has 2 aromatic heterocycles. The predicted molar refractivity (Wildman–Crippen MR) is 139 cm³/mol. The van der Waals surface area contributed by atoms with Gasteiger partial charge in [-0.25, -0.2) is 9.50 Å². The number of carbonyl (C=O) groups is 1. The molecular formula is C26H29F3N6O2S. The zero-order chi connectivity index (χ0) is 26.7. The van der Waals surface area contributed by atoms with E-state index in [4.69, 9.17) is 20.6 Å². The SMILES string of the molecule is Cc1c(Cc2c(CN3CC4(CSC4)C3)nc3c(C(N)=O)cc(N4CCOCC4)nn23)cccc1C(F)(F)F. The van der Waals surface area contributed by atoms with E-state index in [1.807, 2.05) is 16.7 Å². The number of amides is 1. The van der Waals surface area contributed by atoms with Crippen molar-refractivity contribution in [3.8, 4) is 0 Å². The first-order valence-corrected chi connectivity index (χ1v) is 13.8. The summed E-state index contributed by atoms with van der Waals surface area (Å²) in [4.78, 5) is 21.7. The number of fused-ring (bicyclic) bond motifs is 1. The summed E-state index contributed by atoms with van der Waals surface area (Å²) in [6, 6.07) is 5.90. The highest BCUT2D eigenvalue weighted by Crippen LogP contribution is 2.45. The molecule has 12 heteroatoms. The van der Waals surface area contributed by atoms with Gasteiger partial charge in [-0.15, -0.1) is 5.10 Å². The van der Waals surface area contributed by atoms with Crippen molar-refractivity contribution >= 4 is 29.1 Å². The summed E-state index contributed by atoms with van der Waals surface area (Å²) in [6.45, 7) is 6.24. The fourth-order valence-corrected chi connectivity index (χ4v) is 6.84. The maximum atomic E-state index is 13.7. The number of likely N-dealkylation sites (tertiary alicyclic amines) is 1. The highest BCUT2D eigenvalue weighted by Gasteiger charge is 2.48. The van der Waals surface area contributed by atoms with Crippen molar-refractivity contribution in [2.45, 2.75) is 26.1 Å². The smallest absolute Gasteiger partial charge is 0.378 e. The van der Waals surface area contributed by atoms with Crippen molar-refractivity contribution in [2.75, 3.05) is 55.8 Å². The van der Waals surface area contributed by atoms with Crippen LogP contribution in [0.15, 0.2) is 24.3 Å². The molecule has 3 aromatic rings. The second kappa shape index (κ2) is 9.42. The Morgan fingerprint density at radius 1 is 1.21 bits per heavy atom. The van der Waals surface area contributed by atoms with Crippen LogP contribution in [-0.4, -0.2) is 76.3 Å². The highest BCUT2D eigenvalue weighted by atomic mass is 32.2. The van der Waals surface area contributed by atoms with E-state index in [1.165, 1.54) is 13.0 Å². The summed E-state index contributed by atoms with van der Waals surface area (Å²) < 4.78 is 48.1. The number of hydrogen-bond acceptors (Lipinski definition) is 7. The maximum Gasteiger partial charge on any atom is 0.416 e. The van der Waals surface area contributed by atoms with E-state index in [-0.39, 0.29) is 17.5 Å². The van der Waals surface area contributed by atoms with Crippen molar-refractivity contribution in [1.82, 2.24) is 19.5 Å². The number of nitrogens with two attached hydrogens (primary N) is 1. The molecule has 3 aliphatic heterocycles. The lowest BCUT2D eigenvalue weighted by Crippen LogP contribution is -2.62. The number of ether oxygens (including phenoxy) is 1. The van der Waals surface area contributed by atoms with Gasteiger partial charge in [0.05, 0.1) is 35.7 Å². The average Bonchev–Trinajstić information content (AvgIpc) is 3.17. The van der Waals surface area contributed by atoms with Crippen LogP contribution in [0.5, 0.6) is 0 Å². The lowest BCUT2D eigenvalue weighted by Gasteiger charge is -2.55. The fraction of sp³-hybridized carbons (Fsp3) is 0.500. The molecule has 0 atom stereocenters. The van der Waals surface area contributed by atoms with E-state index in [0.717, 1.165) is 30.7 Å². The van der Waals surface area contributed by atoms with Gasteiger partial charge in [-0.1, -0.05) is 12.1 Å². The van der Waals surface area contributed by atoms with Gasteiger partial charge in [0.1, 0.15) is 0 Å². The number of imidazole rings is 1. The van der Waals surface area contributed by atoms with Crippen LogP contribution >= 0.6 is 11.8 Å². The number of thioether (sulfide) groups is 1. The number of benzene rings is 1. The lowest BCUT2D eigenvalue weighted by atomic mass is 9.83. The molecule has 3 saturated heterocycles. The molecule has 202 valence electrons. The molecule has 8 nitrogen and oxygen atoms in total. The van der Waals surface area contributed by atoms with E-state index < -0.39 is 17.6 Å². The standard InChI is InChI=1S/C26H29F3N6O2S/c1-16-17(3-2-4-19(16)26(27,28)29)9-21-20(11-33-12-25(13-33)14-38-15-25)31-24-18(23(30)36)10-22(32-35(21)24)34-5-7-37-8-6-34/h2-4,10H,5-9,11-15H2,1H3,(H2,30,36). The van der Waals surface area contributed by atoms with Crippen LogP contribution in [0.4, 0.5) is 19.0 Å². The zero-order valence-corrected chi connectivity index (χ0v) is 21.9. The van der Waals surface area contributed by atoms with E-state index in [0.29, 0.717) is 66.7 Å². The molecule has 3 fully saturated rings. The van der Waals surface area contributed by atoms with Gasteiger partial charge < -0.3 is 15.4 Å². The summed E-state index contributed by atoms with van der Waals surface area (Å²) >= 11 is 1.95. The van der Waals surface area contributed by atoms with Crippen LogP contribution in [0.2, 0.25) is 0 Å². The van der Waals surface area contributed by atoms with Gasteiger partial charge in [0.2, 0.25) is 0 Å². The van der Waals surface area contributed by atoms with E-state index >= 15 is 0 Å². The summed E-state index contributed by atoms with van der Waals surface area (Å²) in [7, 11) is 0. The normalized spacial score (nSPS) is 19.5. The second-order valence-electron chi connectivity index (χ2n) is 10.5. The molecule has 6 rings (SSSR count). The minimum Gasteiger partial charge on any atom is -0.378 e. The molecular weight excluding hydrogens is 517 g/mol. The maximum absolute atomic E-state index is 13.7. The largest absolute Gasteiger partial charge is 0.416 e. The third-order valence-corrected chi connectivity index (χ3v) is 9.40. The van der Waals surface area contributed by atoms with E-state index in [2.05, 4.69) is 4.90 Å². The highest BCUT2D eigenvalue weighted by molar-refractivity contribution is 8.00. The number of hydrogen-bond donors (Lipinski definition) is 1. The van der Waals surface area contributed by atoms with Crippen molar-refractivity contribution < 1.29 is 22.7 Å². The van der Waals surface area contributed by atoms with Gasteiger partial charge in [0.15, 0.2) is 11.5 Å². The number of morpholine rings is 1. The second-order valence-corrected chi connectivity index (χ2v) is 11.5. The van der Waals surface area contributed by atoms with Gasteiger partial charge in [-0.2, -0.15) is 24.9 Å². The number of rotatable bonds is 6. The van der Waals surface area contributed by atoms with Crippen LogP contribution < -0.4 is 10.6 Å². The number of alkyl halides is 3. The third kappa shape index (κ3) is 4.52. The lowest BCUT2D eigenvalue weighted by molar-refractivity contribution is -0.138. The zero-order valence-electron chi connectivity index (χ0n) is 21.1. The first-order valence-electron chi connectivity index (χ1n) is 12.6. The van der Waals surface area contributed by atoms with E-state index in [9.17, 15) is 18.0 Å². The minimum atomic E-state index is -4.45. The van der Waals surface area contributed by atoms with Crippen molar-refractivity contribution in [3.05, 3.63) is 57.9 Å². The first-order chi connectivity index (χ1) is 18.1. The molecule has 1 amide bonds. The molecule has 0 unspecified atom stereocenters. The van der Waals surface area contributed by atoms with Crippen LogP contribution in [0.1, 0.15) is 38.4 Å². The van der Waals surface area contributed by atoms with E-state index in [1.54, 1.807) is 16.6 Å². The number of anilines is 1. The quantitative estimate of drug-likeness (QED) is 0.508. The summed E-state index contributed by atoms with van der Waals surface area (Å²) in [5.74, 6) is 2.25. The molecule has 0 saturated carbocycles. The number of aromatic nitrogens is 3. The molecule has 1 spiro atoms. The Labute approximate surface area is 222 Å². The molecule has 1 aromatic carbocycles. The first kappa shape index (κ1) is 25.4. The molecule has 38 heavy (non-hydrogen) atoms. The van der Waals surface area contributed by atoms with Crippen LogP contribution in [0, 0.1) is 12.3 Å². The topological polar surface area (TPSA) is 89.0 Å². The van der Waals surface area contributed by atoms with Crippen LogP contribution in [0.25, 0.3) is 5.65 Å². The molecule has 2 N–H and O–H groups in total. The predicted octanol–water partition coefficient (Wildman–Crippen LogP) is 3.13. The Hall–Kier alpha value is -2.83. The number of nitrogens with zero attached hydrogens (tertiary/aromatic N) is 5. The van der Waals surface area contributed by atoms with Gasteiger partial charge in [-0.05, 0) is 30.2 Å². The molecule has 5 heterocycles. The Kier molecular flexibility index (Phi) is 6.31. The minimum absolute atomic E-state index is 0.176. The van der Waals surface area contributed by atoms with Gasteiger partial charge in [0.25, 0.3) is 5.91 Å². The van der Waals surface area contributed by atoms with Gasteiger partial charge in [0, 0.05) is 56.1 Å². The molecule has 0 aliphatic carbocycles. The average molecular weight is 547 g/mol. The Bertz CT molecular complexity index is 1390. The number of primary amides is 1. The Morgan fingerprint density at radius 3 is 2.58 bits per heavy atom. The molecule has 0 radical (unpaired) electrons. The van der Waals surface area contributed by atoms with Crippen molar-refractivity contribution in [2.24, 2.45) is 11.1 Å². The number of carbonyl (C=O) groups excluding carboxylic acids is 1. The van der Waals surface area contributed by atoms with Crippen LogP contribution in [0.3, 0.4) is 0 Å². The monoisotopic (exact) mass is 546 g/mol. The van der Waals surface area contributed by atoms with Crippen molar-refractivity contribution in [1.29, 1.82) is 0 Å². The summed E-state index contributed by atoms with van der Waals surface area (Å²) in [5.41, 5.74) is 8.17. The summed E-state index contributed by atoms with van der Waals surface area (Å²) in [5, 5.41) is 4.84. The molecule has 3 aliphatic rings. The van der Waals surface area contributed by atoms with Crippen molar-refractivity contribution in [3.63, 3.8) is 0 Å². The summed E-state index contributed by atoms with van der Waals surface area (Å²) in [6.07, 6.45) is -4.26. The van der Waals surface area contributed by atoms with Gasteiger partial charge >= 0.3 is 6.18 Å². The Morgan fingerprint density at radius 2 is 1.95 bits per heavy atom. The fourth-order valence-electron chi connectivity index (χ4n) is 5.69. The number of halogens is 3. The van der Waals surface area contributed by atoms with Gasteiger partial charge in [-0.3, -0.25) is 9.69 Å². The molecule has 0 bridgehead atoms. The third-order valence-electron chi connectivity index (χ3n) is 7.76. The van der Waals surface area contributed by atoms with Crippen LogP contribution in [-0.2, 0) is 23.9 Å². The Balaban J connectivity index is 1.45.